The van der Waals surface area contributed by atoms with Crippen LogP contribution in [0.2, 0.25) is 4.44 Å². The molecule has 0 aromatic carbocycles. The Kier molecular flexibility index (Phi) is 49.4. The average Bonchev–Trinajstić information content (AvgIpc) is 3.35. The molecule has 0 aromatic heterocycles. The predicted octanol–water partition coefficient (Wildman–Crippen LogP) is 15.8. The first-order chi connectivity index (χ1) is 34.6. The van der Waals surface area contributed by atoms with Gasteiger partial charge in [0, 0.05) is 0 Å². The molecule has 0 atom stereocenters. The number of carbonyl (C=O) groups is 6. The van der Waals surface area contributed by atoms with E-state index in [1.54, 1.807) is 0 Å². The molecule has 12 nitrogen and oxygen atoms in total. The van der Waals surface area contributed by atoms with Crippen LogP contribution in [-0.2, 0) is 52.2 Å². The minimum absolute atomic E-state index is 0.0832. The van der Waals surface area contributed by atoms with Gasteiger partial charge in [-0.05, 0) is 0 Å². The molecule has 0 aliphatic rings. The Morgan fingerprint density at radius 3 is 0.648 bits per heavy atom. The third kappa shape index (κ3) is 47.6. The van der Waals surface area contributed by atoms with E-state index in [-0.39, 0.29) is 24.3 Å². The van der Waals surface area contributed by atoms with Crippen molar-refractivity contribution in [1.29, 1.82) is 0 Å². The van der Waals surface area contributed by atoms with Crippen LogP contribution in [0, 0.1) is 0 Å². The summed E-state index contributed by atoms with van der Waals surface area (Å²) in [6.45, 7) is 9.14. The van der Waals surface area contributed by atoms with Gasteiger partial charge in [-0.1, -0.05) is 156 Å². The van der Waals surface area contributed by atoms with Crippen LogP contribution in [0.3, 0.4) is 0 Å². The number of esters is 3. The van der Waals surface area contributed by atoms with Gasteiger partial charge in [0.1, 0.15) is 0 Å². The fourth-order valence-electron chi connectivity index (χ4n) is 8.07. The van der Waals surface area contributed by atoms with Crippen LogP contribution >= 0.6 is 0 Å². The van der Waals surface area contributed by atoms with E-state index in [0.717, 1.165) is 94.2 Å². The summed E-state index contributed by atoms with van der Waals surface area (Å²) in [5.41, 5.74) is 0. The third-order valence-electron chi connectivity index (χ3n) is 12.4. The standard InChI is InChI=1S/3C18H32O4.C4H9.Sn/c3*1-2-3-4-5-6-7-8-9-10-11-12-13-16-22-18(21)15-14-17(19)20;1-3-4-2;/h3*14-15H,2-13,16H2,1H3,(H,19,20);1,3-4H2,2H3;/q;;;;+3/p-3/b3*15-14-;;. The number of hydrogen-bond donors (Lipinski definition) is 0. The molecule has 0 bridgehead atoms. The summed E-state index contributed by atoms with van der Waals surface area (Å²) < 4.78 is 32.7. The van der Waals surface area contributed by atoms with Crippen molar-refractivity contribution < 1.29 is 52.2 Å². The van der Waals surface area contributed by atoms with Gasteiger partial charge in [0.25, 0.3) is 0 Å². The molecule has 0 amide bonds. The number of ether oxygens (including phenoxy) is 3. The zero-order valence-corrected chi connectivity index (χ0v) is 48.4. The van der Waals surface area contributed by atoms with E-state index in [0.29, 0.717) is 32.1 Å². The molecule has 0 saturated heterocycles. The third-order valence-corrected chi connectivity index (χ3v) is 19.5. The van der Waals surface area contributed by atoms with Gasteiger partial charge in [0.05, 0.1) is 0 Å². The van der Waals surface area contributed by atoms with Crippen LogP contribution in [0.15, 0.2) is 36.5 Å². The molecule has 410 valence electrons. The SMILES string of the molecule is CCCCCCCCCCCCCCOC(=O)/C=C\C(=O)[O][Sn]([CH2]CCC)([O]C(=O)/C=C\C(=O)OCCCCCCCCCCCCCC)[O]C(=O)/C=C\C(=O)OCCCCCCCCCCCCCC. The zero-order chi connectivity index (χ0) is 52.1. The van der Waals surface area contributed by atoms with Gasteiger partial charge in [-0.2, -0.15) is 0 Å². The Morgan fingerprint density at radius 1 is 0.254 bits per heavy atom. The van der Waals surface area contributed by atoms with Crippen molar-refractivity contribution in [3.05, 3.63) is 36.5 Å². The molecular formula is C58H102O12Sn. The summed E-state index contributed by atoms with van der Waals surface area (Å²) >= 11 is -5.56. The van der Waals surface area contributed by atoms with Crippen molar-refractivity contribution in [2.45, 2.75) is 276 Å². The van der Waals surface area contributed by atoms with Crippen molar-refractivity contribution in [2.24, 2.45) is 0 Å². The molecule has 0 unspecified atom stereocenters. The molecule has 0 rings (SSSR count). The second kappa shape index (κ2) is 51.7. The van der Waals surface area contributed by atoms with Crippen molar-refractivity contribution in [3.63, 3.8) is 0 Å². The molecule has 0 fully saturated rings. The summed E-state index contributed by atoms with van der Waals surface area (Å²) in [7, 11) is 0. The minimum Gasteiger partial charge on any atom is -0.0654 e. The molecule has 0 radical (unpaired) electrons. The number of unbranched alkanes of at least 4 members (excludes halogenated alkanes) is 34. The number of rotatable bonds is 51. The van der Waals surface area contributed by atoms with E-state index in [1.165, 1.54) is 154 Å². The second-order valence-corrected chi connectivity index (χ2v) is 26.3. The van der Waals surface area contributed by atoms with Crippen LogP contribution in [0.1, 0.15) is 272 Å². The molecular weight excluding hydrogens is 1010 g/mol. The van der Waals surface area contributed by atoms with E-state index in [1.807, 2.05) is 6.92 Å². The molecule has 71 heavy (non-hydrogen) atoms. The summed E-state index contributed by atoms with van der Waals surface area (Å²) in [6, 6.07) is 0. The summed E-state index contributed by atoms with van der Waals surface area (Å²) in [5.74, 6) is -5.46. The predicted molar refractivity (Wildman–Crippen MR) is 287 cm³/mol. The molecule has 0 saturated carbocycles. The first-order valence-corrected chi connectivity index (χ1v) is 34.4. The zero-order valence-electron chi connectivity index (χ0n) is 45.6. The van der Waals surface area contributed by atoms with Gasteiger partial charge in [-0.3, -0.25) is 0 Å². The van der Waals surface area contributed by atoms with Gasteiger partial charge in [0.2, 0.25) is 0 Å². The smallest absolute Gasteiger partial charge is 0.0654 e. The number of carbonyl (C=O) groups excluding carboxylic acids is 6. The monoisotopic (exact) mass is 1110 g/mol. The van der Waals surface area contributed by atoms with E-state index in [9.17, 15) is 28.8 Å². The van der Waals surface area contributed by atoms with Crippen molar-refractivity contribution in [3.8, 4) is 0 Å². The van der Waals surface area contributed by atoms with E-state index < -0.39 is 55.4 Å². The molecule has 0 aromatic rings. The number of hydrogen-bond acceptors (Lipinski definition) is 12. The quantitative estimate of drug-likeness (QED) is 0.0187. The van der Waals surface area contributed by atoms with Crippen molar-refractivity contribution >= 4 is 55.4 Å². The van der Waals surface area contributed by atoms with Gasteiger partial charge >= 0.3 is 284 Å². The normalized spacial score (nSPS) is 11.7. The first-order valence-electron chi connectivity index (χ1n) is 28.8. The Labute approximate surface area is 437 Å². The van der Waals surface area contributed by atoms with Gasteiger partial charge < -0.3 is 0 Å². The van der Waals surface area contributed by atoms with Crippen molar-refractivity contribution in [2.75, 3.05) is 19.8 Å². The Hall–Kier alpha value is -3.16. The Balaban J connectivity index is 5.27. The second-order valence-electron chi connectivity index (χ2n) is 19.2. The molecule has 13 heteroatoms. The molecule has 0 N–H and O–H groups in total. The Bertz CT molecular complexity index is 1270. The van der Waals surface area contributed by atoms with E-state index >= 15 is 0 Å². The molecule has 0 spiro atoms. The molecule has 0 aliphatic carbocycles. The van der Waals surface area contributed by atoms with Crippen LogP contribution in [-0.4, -0.2) is 75.3 Å². The maximum absolute atomic E-state index is 13.2. The van der Waals surface area contributed by atoms with Crippen LogP contribution in [0.4, 0.5) is 0 Å². The Morgan fingerprint density at radius 2 is 0.437 bits per heavy atom. The minimum atomic E-state index is -5.56. The van der Waals surface area contributed by atoms with Crippen LogP contribution in [0.25, 0.3) is 0 Å². The first kappa shape index (κ1) is 67.8. The van der Waals surface area contributed by atoms with Gasteiger partial charge in [0.15, 0.2) is 0 Å². The van der Waals surface area contributed by atoms with Gasteiger partial charge in [-0.25, -0.2) is 0 Å². The summed E-state index contributed by atoms with van der Waals surface area (Å²) in [6.07, 6.45) is 48.5. The van der Waals surface area contributed by atoms with E-state index in [2.05, 4.69) is 20.8 Å². The average molecular weight is 1110 g/mol. The molecule has 0 aliphatic heterocycles. The van der Waals surface area contributed by atoms with Gasteiger partial charge in [-0.15, -0.1) is 0 Å². The fraction of sp³-hybridized carbons (Fsp3) is 0.793. The summed E-state index contributed by atoms with van der Waals surface area (Å²) in [4.78, 5) is 77.0. The summed E-state index contributed by atoms with van der Waals surface area (Å²) in [5, 5.41) is 0. The molecule has 0 heterocycles. The topological polar surface area (TPSA) is 158 Å². The van der Waals surface area contributed by atoms with Crippen LogP contribution < -0.4 is 0 Å². The maximum atomic E-state index is 13.2. The van der Waals surface area contributed by atoms with Crippen molar-refractivity contribution in [1.82, 2.24) is 0 Å². The van der Waals surface area contributed by atoms with E-state index in [4.69, 9.17) is 23.4 Å². The van der Waals surface area contributed by atoms with Crippen LogP contribution in [0.5, 0.6) is 0 Å². The fourth-order valence-corrected chi connectivity index (χ4v) is 14.8.